The van der Waals surface area contributed by atoms with Crippen LogP contribution in [0, 0.1) is 18.3 Å². The lowest BCUT2D eigenvalue weighted by atomic mass is 10.1. The van der Waals surface area contributed by atoms with E-state index in [9.17, 15) is 5.26 Å². The lowest BCUT2D eigenvalue weighted by Gasteiger charge is -2.07. The number of ether oxygens (including phenoxy) is 1. The summed E-state index contributed by atoms with van der Waals surface area (Å²) in [6.07, 6.45) is 0. The topological polar surface area (TPSA) is 57.9 Å². The summed E-state index contributed by atoms with van der Waals surface area (Å²) in [5, 5.41) is 12.9. The average Bonchev–Trinajstić information content (AvgIpc) is 2.81. The standard InChI is InChI=1S/C13H13N3OS/c1-8-4-5-10(17-3)9(6-8)12-11(7-14)18-13(15-2)16-12/h4-6H,1-3H3,(H,15,16). The summed E-state index contributed by atoms with van der Waals surface area (Å²) in [6, 6.07) is 8.03. The number of anilines is 1. The molecular formula is C13H13N3OS. The molecule has 0 amide bonds. The average molecular weight is 259 g/mol. The summed E-state index contributed by atoms with van der Waals surface area (Å²) in [4.78, 5) is 5.01. The molecule has 0 saturated carbocycles. The smallest absolute Gasteiger partial charge is 0.184 e. The summed E-state index contributed by atoms with van der Waals surface area (Å²) in [5.74, 6) is 0.727. The van der Waals surface area contributed by atoms with Gasteiger partial charge in [0.05, 0.1) is 7.11 Å². The highest BCUT2D eigenvalue weighted by Crippen LogP contribution is 2.36. The highest BCUT2D eigenvalue weighted by molar-refractivity contribution is 7.16. The van der Waals surface area contributed by atoms with Gasteiger partial charge in [-0.15, -0.1) is 0 Å². The van der Waals surface area contributed by atoms with Crippen LogP contribution in [0.5, 0.6) is 5.75 Å². The van der Waals surface area contributed by atoms with Gasteiger partial charge in [-0.05, 0) is 19.1 Å². The van der Waals surface area contributed by atoms with Crippen LogP contribution < -0.4 is 10.1 Å². The van der Waals surface area contributed by atoms with Crippen molar-refractivity contribution in [3.63, 3.8) is 0 Å². The number of nitrogens with one attached hydrogen (secondary N) is 1. The van der Waals surface area contributed by atoms with Crippen molar-refractivity contribution in [3.8, 4) is 23.1 Å². The second-order valence-electron chi connectivity index (χ2n) is 3.76. The number of hydrogen-bond acceptors (Lipinski definition) is 5. The third kappa shape index (κ3) is 2.15. The molecule has 2 rings (SSSR count). The maximum Gasteiger partial charge on any atom is 0.184 e. The first-order valence-electron chi connectivity index (χ1n) is 5.43. The molecule has 92 valence electrons. The van der Waals surface area contributed by atoms with E-state index >= 15 is 0 Å². The van der Waals surface area contributed by atoms with Crippen LogP contribution in [0.2, 0.25) is 0 Å². The van der Waals surface area contributed by atoms with Crippen molar-refractivity contribution in [2.45, 2.75) is 6.92 Å². The fourth-order valence-corrected chi connectivity index (χ4v) is 2.42. The van der Waals surface area contributed by atoms with Gasteiger partial charge in [0.2, 0.25) is 0 Å². The fraction of sp³-hybridized carbons (Fsp3) is 0.231. The van der Waals surface area contributed by atoms with Gasteiger partial charge in [-0.2, -0.15) is 5.26 Å². The Morgan fingerprint density at radius 3 is 2.83 bits per heavy atom. The van der Waals surface area contributed by atoms with Gasteiger partial charge in [-0.25, -0.2) is 4.98 Å². The number of thiazole rings is 1. The predicted octanol–water partition coefficient (Wildman–Crippen LogP) is 3.04. The Hall–Kier alpha value is -2.06. The Balaban J connectivity index is 2.64. The zero-order chi connectivity index (χ0) is 13.1. The predicted molar refractivity (Wildman–Crippen MR) is 73.1 cm³/mol. The lowest BCUT2D eigenvalue weighted by Crippen LogP contribution is -1.91. The number of hydrogen-bond donors (Lipinski definition) is 1. The highest BCUT2D eigenvalue weighted by Gasteiger charge is 2.16. The molecule has 0 atom stereocenters. The monoisotopic (exact) mass is 259 g/mol. The number of aromatic nitrogens is 1. The summed E-state index contributed by atoms with van der Waals surface area (Å²) in [5.41, 5.74) is 2.63. The first-order chi connectivity index (χ1) is 8.69. The van der Waals surface area contributed by atoms with E-state index in [2.05, 4.69) is 16.4 Å². The third-order valence-electron chi connectivity index (χ3n) is 2.55. The van der Waals surface area contributed by atoms with Gasteiger partial charge in [-0.3, -0.25) is 0 Å². The lowest BCUT2D eigenvalue weighted by molar-refractivity contribution is 0.416. The highest BCUT2D eigenvalue weighted by atomic mass is 32.1. The Morgan fingerprint density at radius 1 is 1.44 bits per heavy atom. The van der Waals surface area contributed by atoms with Crippen molar-refractivity contribution in [2.24, 2.45) is 0 Å². The maximum atomic E-state index is 9.17. The second-order valence-corrected chi connectivity index (χ2v) is 4.76. The van der Waals surface area contributed by atoms with E-state index in [4.69, 9.17) is 4.74 Å². The van der Waals surface area contributed by atoms with Crippen molar-refractivity contribution in [2.75, 3.05) is 19.5 Å². The van der Waals surface area contributed by atoms with Gasteiger partial charge in [0.1, 0.15) is 22.4 Å². The fourth-order valence-electron chi connectivity index (χ4n) is 1.69. The number of rotatable bonds is 3. The molecule has 0 aliphatic carbocycles. The largest absolute Gasteiger partial charge is 0.496 e. The molecule has 0 spiro atoms. The molecule has 0 bridgehead atoms. The Morgan fingerprint density at radius 2 is 2.22 bits per heavy atom. The summed E-state index contributed by atoms with van der Waals surface area (Å²) in [7, 11) is 3.41. The first kappa shape index (κ1) is 12.4. The number of methoxy groups -OCH3 is 1. The van der Waals surface area contributed by atoms with Crippen molar-refractivity contribution in [3.05, 3.63) is 28.6 Å². The molecule has 1 heterocycles. The quantitative estimate of drug-likeness (QED) is 0.920. The minimum atomic E-state index is 0.586. The molecule has 1 aromatic carbocycles. The van der Waals surface area contributed by atoms with Crippen LogP contribution in [0.3, 0.4) is 0 Å². The van der Waals surface area contributed by atoms with Crippen LogP contribution in [-0.4, -0.2) is 19.1 Å². The zero-order valence-electron chi connectivity index (χ0n) is 10.4. The molecule has 2 aromatic rings. The van der Waals surface area contributed by atoms with Crippen LogP contribution in [0.25, 0.3) is 11.3 Å². The van der Waals surface area contributed by atoms with Crippen LogP contribution in [0.4, 0.5) is 5.13 Å². The van der Waals surface area contributed by atoms with E-state index in [1.165, 1.54) is 11.3 Å². The van der Waals surface area contributed by atoms with Gasteiger partial charge >= 0.3 is 0 Å². The van der Waals surface area contributed by atoms with Crippen LogP contribution in [-0.2, 0) is 0 Å². The van der Waals surface area contributed by atoms with Crippen molar-refractivity contribution < 1.29 is 4.74 Å². The van der Waals surface area contributed by atoms with E-state index in [1.54, 1.807) is 14.2 Å². The number of benzene rings is 1. The van der Waals surface area contributed by atoms with E-state index < -0.39 is 0 Å². The molecule has 1 aromatic heterocycles. The second kappa shape index (κ2) is 5.07. The zero-order valence-corrected chi connectivity index (χ0v) is 11.3. The minimum Gasteiger partial charge on any atom is -0.496 e. The molecule has 5 heteroatoms. The van der Waals surface area contributed by atoms with E-state index in [1.807, 2.05) is 25.1 Å². The normalized spacial score (nSPS) is 9.89. The van der Waals surface area contributed by atoms with Gasteiger partial charge in [0, 0.05) is 12.6 Å². The summed E-state index contributed by atoms with van der Waals surface area (Å²) >= 11 is 1.34. The van der Waals surface area contributed by atoms with Crippen molar-refractivity contribution in [1.82, 2.24) is 4.98 Å². The molecule has 4 nitrogen and oxygen atoms in total. The molecule has 0 aliphatic heterocycles. The molecular weight excluding hydrogens is 246 g/mol. The molecule has 18 heavy (non-hydrogen) atoms. The molecule has 0 radical (unpaired) electrons. The number of nitrogens with zero attached hydrogens (tertiary/aromatic N) is 2. The van der Waals surface area contributed by atoms with Gasteiger partial charge in [-0.1, -0.05) is 23.0 Å². The summed E-state index contributed by atoms with van der Waals surface area (Å²) in [6.45, 7) is 2.00. The Kier molecular flexibility index (Phi) is 3.49. The van der Waals surface area contributed by atoms with E-state index in [0.29, 0.717) is 10.6 Å². The molecule has 1 N–H and O–H groups in total. The number of aryl methyl sites for hydroxylation is 1. The molecule has 0 fully saturated rings. The van der Waals surface area contributed by atoms with E-state index in [0.717, 1.165) is 22.0 Å². The third-order valence-corrected chi connectivity index (χ3v) is 3.53. The number of nitriles is 1. The first-order valence-corrected chi connectivity index (χ1v) is 6.25. The van der Waals surface area contributed by atoms with Crippen LogP contribution >= 0.6 is 11.3 Å². The molecule has 0 aliphatic rings. The molecule has 0 saturated heterocycles. The van der Waals surface area contributed by atoms with Gasteiger partial charge in [0.15, 0.2) is 5.13 Å². The maximum absolute atomic E-state index is 9.17. The minimum absolute atomic E-state index is 0.586. The van der Waals surface area contributed by atoms with Gasteiger partial charge in [0.25, 0.3) is 0 Å². The van der Waals surface area contributed by atoms with Crippen molar-refractivity contribution in [1.29, 1.82) is 5.26 Å². The Labute approximate surface area is 110 Å². The van der Waals surface area contributed by atoms with Crippen molar-refractivity contribution >= 4 is 16.5 Å². The van der Waals surface area contributed by atoms with Crippen LogP contribution in [0.15, 0.2) is 18.2 Å². The van der Waals surface area contributed by atoms with E-state index in [-0.39, 0.29) is 0 Å². The summed E-state index contributed by atoms with van der Waals surface area (Å²) < 4.78 is 5.33. The SMILES string of the molecule is CNc1nc(-c2cc(C)ccc2OC)c(C#N)s1. The Bertz CT molecular complexity index is 613. The molecule has 0 unspecified atom stereocenters. The van der Waals surface area contributed by atoms with Crippen LogP contribution in [0.1, 0.15) is 10.4 Å². The van der Waals surface area contributed by atoms with Gasteiger partial charge < -0.3 is 10.1 Å².